The zero-order valence-corrected chi connectivity index (χ0v) is 12.7. The van der Waals surface area contributed by atoms with Crippen LogP contribution in [0.5, 0.6) is 0 Å². The van der Waals surface area contributed by atoms with Crippen molar-refractivity contribution in [2.75, 3.05) is 0 Å². The molecule has 0 radical (unpaired) electrons. The van der Waals surface area contributed by atoms with E-state index >= 15 is 0 Å². The van der Waals surface area contributed by atoms with Crippen molar-refractivity contribution in [3.63, 3.8) is 0 Å². The third-order valence-corrected chi connectivity index (χ3v) is 3.30. The molecule has 1 heterocycles. The predicted octanol–water partition coefficient (Wildman–Crippen LogP) is 3.79. The number of hydrogen-bond donors (Lipinski definition) is 1. The first-order valence-electron chi connectivity index (χ1n) is 5.79. The zero-order valence-electron chi connectivity index (χ0n) is 10.3. The predicted molar refractivity (Wildman–Crippen MR) is 78.2 cm³/mol. The maximum absolute atomic E-state index is 6.17. The van der Waals surface area contributed by atoms with E-state index in [4.69, 9.17) is 11.6 Å². The third kappa shape index (κ3) is 3.34. The van der Waals surface area contributed by atoms with E-state index in [-0.39, 0.29) is 0 Å². The van der Waals surface area contributed by atoms with Gasteiger partial charge in [-0.2, -0.15) is 5.10 Å². The molecule has 3 nitrogen and oxygen atoms in total. The average molecular weight is 329 g/mol. The van der Waals surface area contributed by atoms with E-state index < -0.39 is 0 Å². The summed E-state index contributed by atoms with van der Waals surface area (Å²) in [6, 6.07) is 8.16. The molecular formula is C13H15BrClN3. The molecule has 0 atom stereocenters. The molecule has 0 bridgehead atoms. The third-order valence-electron chi connectivity index (χ3n) is 2.49. The van der Waals surface area contributed by atoms with Crippen molar-refractivity contribution >= 4 is 27.5 Å². The fourth-order valence-corrected chi connectivity index (χ4v) is 2.11. The van der Waals surface area contributed by atoms with Gasteiger partial charge in [-0.1, -0.05) is 41.4 Å². The van der Waals surface area contributed by atoms with E-state index in [1.165, 1.54) is 0 Å². The summed E-state index contributed by atoms with van der Waals surface area (Å²) in [5.74, 6) is 0. The highest BCUT2D eigenvalue weighted by atomic mass is 79.9. The van der Waals surface area contributed by atoms with Gasteiger partial charge in [0.05, 0.1) is 16.4 Å². The summed E-state index contributed by atoms with van der Waals surface area (Å²) in [6.45, 7) is 4.99. The minimum Gasteiger partial charge on any atom is -0.309 e. The van der Waals surface area contributed by atoms with Crippen LogP contribution in [0.25, 0.3) is 5.69 Å². The van der Waals surface area contributed by atoms with Gasteiger partial charge in [0, 0.05) is 23.3 Å². The molecule has 0 amide bonds. The highest BCUT2D eigenvalue weighted by Crippen LogP contribution is 2.24. The van der Waals surface area contributed by atoms with Gasteiger partial charge in [-0.05, 0) is 24.3 Å². The molecule has 2 rings (SSSR count). The number of rotatable bonds is 4. The van der Waals surface area contributed by atoms with Gasteiger partial charge in [0.25, 0.3) is 0 Å². The Morgan fingerprint density at radius 2 is 2.17 bits per heavy atom. The van der Waals surface area contributed by atoms with Crippen molar-refractivity contribution < 1.29 is 0 Å². The average Bonchev–Trinajstić information content (AvgIpc) is 2.78. The Hall–Kier alpha value is -0.840. The number of benzene rings is 1. The van der Waals surface area contributed by atoms with E-state index in [1.54, 1.807) is 4.68 Å². The first kappa shape index (κ1) is 13.6. The van der Waals surface area contributed by atoms with Crippen LogP contribution in [0.2, 0.25) is 5.02 Å². The molecule has 1 N–H and O–H groups in total. The lowest BCUT2D eigenvalue weighted by molar-refractivity contribution is 0.578. The fraction of sp³-hybridized carbons (Fsp3) is 0.308. The monoisotopic (exact) mass is 327 g/mol. The molecule has 1 aromatic carbocycles. The molecule has 0 fully saturated rings. The highest BCUT2D eigenvalue weighted by Gasteiger charge is 2.06. The molecule has 0 spiro atoms. The first-order chi connectivity index (χ1) is 8.56. The second kappa shape index (κ2) is 5.87. The molecule has 0 aliphatic rings. The molecule has 0 aliphatic heterocycles. The lowest BCUT2D eigenvalue weighted by Crippen LogP contribution is -2.22. The lowest BCUT2D eigenvalue weighted by atomic mass is 10.3. The van der Waals surface area contributed by atoms with Crippen molar-refractivity contribution in [2.45, 2.75) is 26.4 Å². The summed E-state index contributed by atoms with van der Waals surface area (Å²) >= 11 is 9.61. The Morgan fingerprint density at radius 3 is 2.89 bits per heavy atom. The number of halogens is 2. The Morgan fingerprint density at radius 1 is 1.39 bits per heavy atom. The van der Waals surface area contributed by atoms with E-state index in [0.717, 1.165) is 22.4 Å². The number of hydrogen-bond acceptors (Lipinski definition) is 2. The molecule has 0 aliphatic carbocycles. The van der Waals surface area contributed by atoms with E-state index in [1.807, 2.05) is 30.5 Å². The molecule has 0 saturated carbocycles. The normalized spacial score (nSPS) is 11.2. The van der Waals surface area contributed by atoms with Crippen molar-refractivity contribution in [3.8, 4) is 5.69 Å². The Bertz CT molecular complexity index is 537. The second-order valence-corrected chi connectivity index (χ2v) is 5.71. The van der Waals surface area contributed by atoms with Gasteiger partial charge in [-0.3, -0.25) is 0 Å². The van der Waals surface area contributed by atoms with Crippen molar-refractivity contribution in [1.82, 2.24) is 15.1 Å². The van der Waals surface area contributed by atoms with Crippen molar-refractivity contribution in [2.24, 2.45) is 0 Å². The minimum atomic E-state index is 0.449. The van der Waals surface area contributed by atoms with E-state index in [2.05, 4.69) is 40.2 Å². The van der Waals surface area contributed by atoms with Gasteiger partial charge >= 0.3 is 0 Å². The maximum Gasteiger partial charge on any atom is 0.0843 e. The molecule has 96 valence electrons. The Labute approximate surface area is 120 Å². The van der Waals surface area contributed by atoms with Crippen LogP contribution in [0.3, 0.4) is 0 Å². The van der Waals surface area contributed by atoms with Gasteiger partial charge < -0.3 is 5.32 Å². The van der Waals surface area contributed by atoms with Crippen LogP contribution in [-0.4, -0.2) is 15.8 Å². The van der Waals surface area contributed by atoms with Crippen LogP contribution in [-0.2, 0) is 6.54 Å². The minimum absolute atomic E-state index is 0.449. The smallest absolute Gasteiger partial charge is 0.0843 e. The summed E-state index contributed by atoms with van der Waals surface area (Å²) < 4.78 is 2.78. The van der Waals surface area contributed by atoms with Crippen LogP contribution in [0.1, 0.15) is 19.5 Å². The zero-order chi connectivity index (χ0) is 13.1. The van der Waals surface area contributed by atoms with Crippen LogP contribution in [0.4, 0.5) is 0 Å². The molecular weight excluding hydrogens is 314 g/mol. The summed E-state index contributed by atoms with van der Waals surface area (Å²) in [5, 5.41) is 8.52. The Balaban J connectivity index is 2.21. The van der Waals surface area contributed by atoms with Crippen LogP contribution in [0, 0.1) is 0 Å². The fourth-order valence-electron chi connectivity index (χ4n) is 1.56. The SMILES string of the molecule is CC(C)NCc1ccn(-c2cc(Br)ccc2Cl)n1. The summed E-state index contributed by atoms with van der Waals surface area (Å²) in [7, 11) is 0. The quantitative estimate of drug-likeness (QED) is 0.925. The van der Waals surface area contributed by atoms with Gasteiger partial charge in [-0.25, -0.2) is 4.68 Å². The standard InChI is InChI=1S/C13H15BrClN3/c1-9(2)16-8-11-5-6-18(17-11)13-7-10(14)3-4-12(13)15/h3-7,9,16H,8H2,1-2H3. The van der Waals surface area contributed by atoms with Gasteiger partial charge in [0.1, 0.15) is 0 Å². The largest absolute Gasteiger partial charge is 0.309 e. The lowest BCUT2D eigenvalue weighted by Gasteiger charge is -2.06. The molecule has 18 heavy (non-hydrogen) atoms. The maximum atomic E-state index is 6.17. The first-order valence-corrected chi connectivity index (χ1v) is 6.96. The van der Waals surface area contributed by atoms with Crippen molar-refractivity contribution in [3.05, 3.63) is 45.7 Å². The van der Waals surface area contributed by atoms with Crippen LogP contribution in [0.15, 0.2) is 34.9 Å². The van der Waals surface area contributed by atoms with Crippen LogP contribution < -0.4 is 5.32 Å². The summed E-state index contributed by atoms with van der Waals surface area (Å²) in [4.78, 5) is 0. The topological polar surface area (TPSA) is 29.9 Å². The number of nitrogens with zero attached hydrogens (tertiary/aromatic N) is 2. The van der Waals surface area contributed by atoms with Gasteiger partial charge in [0.2, 0.25) is 0 Å². The molecule has 1 aromatic heterocycles. The van der Waals surface area contributed by atoms with Crippen molar-refractivity contribution in [1.29, 1.82) is 0 Å². The summed E-state index contributed by atoms with van der Waals surface area (Å²) in [5.41, 5.74) is 1.88. The van der Waals surface area contributed by atoms with Crippen LogP contribution >= 0.6 is 27.5 Å². The summed E-state index contributed by atoms with van der Waals surface area (Å²) in [6.07, 6.45) is 1.92. The van der Waals surface area contributed by atoms with Gasteiger partial charge in [-0.15, -0.1) is 0 Å². The number of aromatic nitrogens is 2. The van der Waals surface area contributed by atoms with E-state index in [9.17, 15) is 0 Å². The Kier molecular flexibility index (Phi) is 4.43. The molecule has 5 heteroatoms. The van der Waals surface area contributed by atoms with Gasteiger partial charge in [0.15, 0.2) is 0 Å². The highest BCUT2D eigenvalue weighted by molar-refractivity contribution is 9.10. The van der Waals surface area contributed by atoms with E-state index in [0.29, 0.717) is 11.1 Å². The number of nitrogens with one attached hydrogen (secondary N) is 1. The molecule has 0 saturated heterocycles. The molecule has 0 unspecified atom stereocenters. The second-order valence-electron chi connectivity index (χ2n) is 4.38. The molecule has 2 aromatic rings.